The molecule has 2 rings (SSSR count). The number of carbonyl (C=O) groups is 1. The van der Waals surface area contributed by atoms with Crippen LogP contribution < -0.4 is 9.46 Å². The van der Waals surface area contributed by atoms with Crippen LogP contribution >= 0.6 is 0 Å². The second-order valence-corrected chi connectivity index (χ2v) is 8.78. The van der Waals surface area contributed by atoms with Crippen LogP contribution in [0, 0.1) is 19.8 Å². The lowest BCUT2D eigenvalue weighted by Gasteiger charge is -2.32. The van der Waals surface area contributed by atoms with Gasteiger partial charge in [0, 0.05) is 13.1 Å². The van der Waals surface area contributed by atoms with E-state index < -0.39 is 16.1 Å². The summed E-state index contributed by atoms with van der Waals surface area (Å²) in [5.41, 5.74) is 1.32. The minimum atomic E-state index is -3.86. The van der Waals surface area contributed by atoms with Gasteiger partial charge >= 0.3 is 0 Å². The zero-order valence-electron chi connectivity index (χ0n) is 16.7. The lowest BCUT2D eigenvalue weighted by Crippen LogP contribution is -2.53. The Hall–Kier alpha value is -1.64. The van der Waals surface area contributed by atoms with Crippen LogP contribution in [0.25, 0.3) is 0 Å². The van der Waals surface area contributed by atoms with Crippen LogP contribution in [0.1, 0.15) is 31.9 Å². The zero-order valence-corrected chi connectivity index (χ0v) is 17.6. The topological polar surface area (TPSA) is 84.9 Å². The van der Waals surface area contributed by atoms with Crippen LogP contribution in [0.15, 0.2) is 17.0 Å². The number of amides is 1. The number of nitrogens with zero attached hydrogens (tertiary/aromatic N) is 1. The second-order valence-electron chi connectivity index (χ2n) is 7.10. The van der Waals surface area contributed by atoms with Gasteiger partial charge in [0.05, 0.1) is 24.7 Å². The SMILES string of the molecule is CCOc1cc(C)c(S(=O)(=O)N[C@H](C(=O)N2CCOCC2)C(C)C)cc1C. The molecule has 1 saturated heterocycles. The predicted molar refractivity (Wildman–Crippen MR) is 103 cm³/mol. The van der Waals surface area contributed by atoms with Gasteiger partial charge in [-0.1, -0.05) is 13.8 Å². The maximum absolute atomic E-state index is 13.0. The number of ether oxygens (including phenoxy) is 2. The molecule has 0 bridgehead atoms. The fraction of sp³-hybridized carbons (Fsp3) is 0.632. The summed E-state index contributed by atoms with van der Waals surface area (Å²) in [6.07, 6.45) is 0. The van der Waals surface area contributed by atoms with E-state index in [0.717, 1.165) is 5.56 Å². The highest BCUT2D eigenvalue weighted by atomic mass is 32.2. The summed E-state index contributed by atoms with van der Waals surface area (Å²) in [7, 11) is -3.86. The van der Waals surface area contributed by atoms with Gasteiger partial charge in [0.2, 0.25) is 15.9 Å². The maximum Gasteiger partial charge on any atom is 0.241 e. The van der Waals surface area contributed by atoms with E-state index in [9.17, 15) is 13.2 Å². The number of rotatable bonds is 7. The quantitative estimate of drug-likeness (QED) is 0.758. The average Bonchev–Trinajstić information content (AvgIpc) is 2.62. The average molecular weight is 399 g/mol. The van der Waals surface area contributed by atoms with Gasteiger partial charge in [-0.3, -0.25) is 4.79 Å². The van der Waals surface area contributed by atoms with Crippen molar-refractivity contribution in [2.45, 2.75) is 45.6 Å². The van der Waals surface area contributed by atoms with Crippen molar-refractivity contribution in [1.29, 1.82) is 0 Å². The molecule has 0 aromatic heterocycles. The summed E-state index contributed by atoms with van der Waals surface area (Å²) in [6.45, 7) is 11.5. The largest absolute Gasteiger partial charge is 0.494 e. The number of hydrogen-bond donors (Lipinski definition) is 1. The van der Waals surface area contributed by atoms with Crippen molar-refractivity contribution < 1.29 is 22.7 Å². The summed E-state index contributed by atoms with van der Waals surface area (Å²) < 4.78 is 39.5. The molecule has 0 saturated carbocycles. The molecule has 1 aromatic carbocycles. The molecule has 152 valence electrons. The van der Waals surface area contributed by atoms with Crippen molar-refractivity contribution in [3.8, 4) is 5.75 Å². The molecular weight excluding hydrogens is 368 g/mol. The molecule has 1 aliphatic rings. The summed E-state index contributed by atoms with van der Waals surface area (Å²) in [5, 5.41) is 0. The van der Waals surface area contributed by atoms with E-state index in [0.29, 0.717) is 44.2 Å². The predicted octanol–water partition coefficient (Wildman–Crippen LogP) is 1.86. The van der Waals surface area contributed by atoms with Crippen molar-refractivity contribution in [1.82, 2.24) is 9.62 Å². The monoisotopic (exact) mass is 398 g/mol. The number of benzene rings is 1. The molecule has 0 unspecified atom stereocenters. The molecule has 1 aliphatic heterocycles. The van der Waals surface area contributed by atoms with E-state index in [2.05, 4.69) is 4.72 Å². The molecule has 1 heterocycles. The Morgan fingerprint density at radius 2 is 1.85 bits per heavy atom. The molecule has 1 aromatic rings. The molecule has 8 heteroatoms. The van der Waals surface area contributed by atoms with Crippen molar-refractivity contribution in [2.24, 2.45) is 5.92 Å². The van der Waals surface area contributed by atoms with Crippen LogP contribution in [0.3, 0.4) is 0 Å². The summed E-state index contributed by atoms with van der Waals surface area (Å²) in [6, 6.07) is 2.50. The van der Waals surface area contributed by atoms with Gasteiger partial charge in [0.15, 0.2) is 0 Å². The molecule has 0 spiro atoms. The fourth-order valence-electron chi connectivity index (χ4n) is 3.05. The summed E-state index contributed by atoms with van der Waals surface area (Å²) in [4.78, 5) is 14.7. The Morgan fingerprint density at radius 1 is 1.22 bits per heavy atom. The highest BCUT2D eigenvalue weighted by Gasteiger charge is 2.33. The summed E-state index contributed by atoms with van der Waals surface area (Å²) in [5.74, 6) is 0.273. The summed E-state index contributed by atoms with van der Waals surface area (Å²) >= 11 is 0. The van der Waals surface area contributed by atoms with Gasteiger partial charge in [0.1, 0.15) is 11.8 Å². The number of aryl methyl sites for hydroxylation is 2. The molecule has 1 atom stereocenters. The van der Waals surface area contributed by atoms with E-state index in [4.69, 9.17) is 9.47 Å². The van der Waals surface area contributed by atoms with Gasteiger partial charge < -0.3 is 14.4 Å². The minimum absolute atomic E-state index is 0.170. The number of sulfonamides is 1. The minimum Gasteiger partial charge on any atom is -0.494 e. The lowest BCUT2D eigenvalue weighted by atomic mass is 10.0. The molecule has 0 radical (unpaired) electrons. The van der Waals surface area contributed by atoms with E-state index in [1.54, 1.807) is 24.0 Å². The van der Waals surface area contributed by atoms with Crippen LogP contribution in [0.4, 0.5) is 0 Å². The van der Waals surface area contributed by atoms with Crippen molar-refractivity contribution >= 4 is 15.9 Å². The molecule has 1 fully saturated rings. The number of morpholine rings is 1. The van der Waals surface area contributed by atoms with Gasteiger partial charge in [-0.05, 0) is 49.9 Å². The standard InChI is InChI=1S/C19H30N2O5S/c1-6-26-16-11-15(5)17(12-14(16)4)27(23,24)20-18(13(2)3)19(22)21-7-9-25-10-8-21/h11-13,18,20H,6-10H2,1-5H3/t18-/m0/s1. The van der Waals surface area contributed by atoms with Crippen LogP contribution in [-0.2, 0) is 19.6 Å². The molecule has 1 amide bonds. The molecule has 1 N–H and O–H groups in total. The van der Waals surface area contributed by atoms with E-state index in [1.807, 2.05) is 27.7 Å². The fourth-order valence-corrected chi connectivity index (χ4v) is 4.70. The zero-order chi connectivity index (χ0) is 20.2. The van der Waals surface area contributed by atoms with Crippen molar-refractivity contribution in [3.05, 3.63) is 23.3 Å². The van der Waals surface area contributed by atoms with E-state index in [-0.39, 0.29) is 16.7 Å². The number of carbonyl (C=O) groups excluding carboxylic acids is 1. The van der Waals surface area contributed by atoms with Crippen molar-refractivity contribution in [2.75, 3.05) is 32.9 Å². The van der Waals surface area contributed by atoms with Crippen LogP contribution in [0.5, 0.6) is 5.75 Å². The maximum atomic E-state index is 13.0. The Labute approximate surface area is 162 Å². The van der Waals surface area contributed by atoms with Crippen LogP contribution in [-0.4, -0.2) is 58.2 Å². The normalized spacial score (nSPS) is 16.4. The van der Waals surface area contributed by atoms with Gasteiger partial charge in [0.25, 0.3) is 0 Å². The molecule has 27 heavy (non-hydrogen) atoms. The van der Waals surface area contributed by atoms with Crippen LogP contribution in [0.2, 0.25) is 0 Å². The van der Waals surface area contributed by atoms with E-state index >= 15 is 0 Å². The molecular formula is C19H30N2O5S. The third-order valence-electron chi connectivity index (χ3n) is 4.60. The Morgan fingerprint density at radius 3 is 2.41 bits per heavy atom. The van der Waals surface area contributed by atoms with E-state index in [1.165, 1.54) is 0 Å². The van der Waals surface area contributed by atoms with Gasteiger partial charge in [-0.2, -0.15) is 4.72 Å². The Balaban J connectivity index is 2.29. The number of hydrogen-bond acceptors (Lipinski definition) is 5. The first-order valence-corrected chi connectivity index (χ1v) is 10.8. The first-order valence-electron chi connectivity index (χ1n) is 9.30. The smallest absolute Gasteiger partial charge is 0.241 e. The third kappa shape index (κ3) is 5.21. The second kappa shape index (κ2) is 9.03. The Kier molecular flexibility index (Phi) is 7.25. The molecule has 0 aliphatic carbocycles. The third-order valence-corrected chi connectivity index (χ3v) is 6.18. The Bertz CT molecular complexity index is 771. The highest BCUT2D eigenvalue weighted by molar-refractivity contribution is 7.89. The highest BCUT2D eigenvalue weighted by Crippen LogP contribution is 2.26. The number of nitrogens with one attached hydrogen (secondary N) is 1. The van der Waals surface area contributed by atoms with Gasteiger partial charge in [-0.25, -0.2) is 8.42 Å². The molecule has 7 nitrogen and oxygen atoms in total. The first-order chi connectivity index (χ1) is 12.7. The lowest BCUT2D eigenvalue weighted by molar-refractivity contribution is -0.138. The first kappa shape index (κ1) is 21.7. The van der Waals surface area contributed by atoms with Crippen molar-refractivity contribution in [3.63, 3.8) is 0 Å². The van der Waals surface area contributed by atoms with Gasteiger partial charge in [-0.15, -0.1) is 0 Å².